The van der Waals surface area contributed by atoms with E-state index in [4.69, 9.17) is 0 Å². The number of rotatable bonds is 5. The molecule has 1 N–H and O–H groups in total. The van der Waals surface area contributed by atoms with Crippen LogP contribution < -0.4 is 0 Å². The number of sulfone groups is 1. The Morgan fingerprint density at radius 3 is 2.00 bits per heavy atom. The lowest BCUT2D eigenvalue weighted by molar-refractivity contribution is -0.348. The van der Waals surface area contributed by atoms with Gasteiger partial charge < -0.3 is 10.0 Å². The van der Waals surface area contributed by atoms with Crippen molar-refractivity contribution in [1.82, 2.24) is 4.90 Å². The summed E-state index contributed by atoms with van der Waals surface area (Å²) in [5.74, 6) is -3.02. The van der Waals surface area contributed by atoms with E-state index >= 15 is 0 Å². The fourth-order valence-electron chi connectivity index (χ4n) is 8.21. The number of aliphatic carboxylic acids is 1. The van der Waals surface area contributed by atoms with Gasteiger partial charge in [-0.15, -0.1) is 0 Å². The summed E-state index contributed by atoms with van der Waals surface area (Å²) in [4.78, 5) is 26.0. The average molecular weight is 666 g/mol. The second kappa shape index (κ2) is 9.88. The smallest absolute Gasteiger partial charge is 0.435 e. The summed E-state index contributed by atoms with van der Waals surface area (Å²) >= 11 is 0. The molecule has 1 aliphatic heterocycles. The highest BCUT2D eigenvalue weighted by molar-refractivity contribution is 7.92. The number of fused-ring (bicyclic) bond motifs is 3. The summed E-state index contributed by atoms with van der Waals surface area (Å²) in [5.41, 5.74) is -8.09. The minimum absolute atomic E-state index is 0.0927. The van der Waals surface area contributed by atoms with Crippen LogP contribution in [0.1, 0.15) is 55.2 Å². The van der Waals surface area contributed by atoms with Crippen LogP contribution in [0, 0.1) is 23.1 Å². The molecule has 1 saturated heterocycles. The highest BCUT2D eigenvalue weighted by Crippen LogP contribution is 2.63. The van der Waals surface area contributed by atoms with Crippen LogP contribution in [0.2, 0.25) is 0 Å². The standard InChI is InChI=1S/C30H27F8NO5S/c31-20-3-5-21(6-4-20)45(43,44)27-9-10-39(24(40)17-12-26(13-17)14-18(15-26)25(41)42)23(27)8-1-16-11-19(2-7-22(16)27)28(32,29(33,34)35)30(36,37)38/h2-7,11,17-18,23H,1,8-10,12-15H2,(H,41,42)/t17?,18?,23-,26?,27-/m0/s1. The molecule has 3 fully saturated rings. The van der Waals surface area contributed by atoms with Gasteiger partial charge in [0.1, 0.15) is 10.6 Å². The molecule has 4 aliphatic rings. The van der Waals surface area contributed by atoms with Crippen molar-refractivity contribution >= 4 is 21.7 Å². The number of aryl methyl sites for hydroxylation is 1. The Kier molecular flexibility index (Phi) is 6.97. The summed E-state index contributed by atoms with van der Waals surface area (Å²) < 4.78 is 137. The predicted molar refractivity (Wildman–Crippen MR) is 141 cm³/mol. The van der Waals surface area contributed by atoms with Crippen molar-refractivity contribution in [1.29, 1.82) is 0 Å². The molecule has 1 spiro atoms. The predicted octanol–water partition coefficient (Wildman–Crippen LogP) is 6.22. The minimum Gasteiger partial charge on any atom is -0.481 e. The van der Waals surface area contributed by atoms with E-state index in [0.29, 0.717) is 37.8 Å². The minimum atomic E-state index is -6.36. The summed E-state index contributed by atoms with van der Waals surface area (Å²) in [6.45, 7) is -0.0927. The lowest BCUT2D eigenvalue weighted by atomic mass is 9.48. The van der Waals surface area contributed by atoms with Gasteiger partial charge in [-0.3, -0.25) is 9.59 Å². The lowest BCUT2D eigenvalue weighted by Crippen LogP contribution is -2.57. The second-order valence-electron chi connectivity index (χ2n) is 12.8. The van der Waals surface area contributed by atoms with Gasteiger partial charge in [-0.2, -0.15) is 26.3 Å². The van der Waals surface area contributed by atoms with E-state index < -0.39 is 67.8 Å². The molecule has 2 atom stereocenters. The van der Waals surface area contributed by atoms with Crippen LogP contribution in [0.3, 0.4) is 0 Å². The molecule has 2 saturated carbocycles. The number of hydrogen-bond donors (Lipinski definition) is 1. The Morgan fingerprint density at radius 2 is 1.44 bits per heavy atom. The molecule has 6 rings (SSSR count). The molecule has 0 aromatic heterocycles. The van der Waals surface area contributed by atoms with Crippen LogP contribution in [0.5, 0.6) is 0 Å². The quantitative estimate of drug-likeness (QED) is 0.303. The number of benzene rings is 2. The first-order chi connectivity index (χ1) is 20.8. The van der Waals surface area contributed by atoms with Gasteiger partial charge in [-0.05, 0) is 85.8 Å². The Labute approximate surface area is 252 Å². The number of hydrogen-bond acceptors (Lipinski definition) is 4. The van der Waals surface area contributed by atoms with Crippen molar-refractivity contribution in [3.8, 4) is 0 Å². The van der Waals surface area contributed by atoms with Gasteiger partial charge in [0.15, 0.2) is 9.84 Å². The maximum atomic E-state index is 15.0. The summed E-state index contributed by atoms with van der Waals surface area (Å²) in [6, 6.07) is 4.18. The SMILES string of the molecule is O=C(O)C1CC2(C1)CC(C(=O)N1CC[C@]3(S(=O)(=O)c4ccc(F)cc4)c4ccc(C(F)(C(F)(F)F)C(F)(F)F)cc4CC[C@H]13)C2. The molecule has 6 nitrogen and oxygen atoms in total. The molecule has 2 aromatic rings. The fourth-order valence-corrected chi connectivity index (χ4v) is 10.6. The molecule has 15 heteroatoms. The van der Waals surface area contributed by atoms with E-state index in [9.17, 15) is 58.2 Å². The molecule has 1 amide bonds. The van der Waals surface area contributed by atoms with Crippen LogP contribution >= 0.6 is 0 Å². The van der Waals surface area contributed by atoms with Crippen LogP contribution in [0.25, 0.3) is 0 Å². The van der Waals surface area contributed by atoms with Crippen LogP contribution in [-0.4, -0.2) is 55.2 Å². The summed E-state index contributed by atoms with van der Waals surface area (Å²) in [6.07, 6.45) is -11.7. The zero-order valence-corrected chi connectivity index (χ0v) is 24.2. The average Bonchev–Trinajstić information content (AvgIpc) is 3.31. The van der Waals surface area contributed by atoms with E-state index in [1.165, 1.54) is 4.90 Å². The van der Waals surface area contributed by atoms with E-state index in [0.717, 1.165) is 30.3 Å². The number of halogens is 8. The topological polar surface area (TPSA) is 91.8 Å². The molecule has 0 unspecified atom stereocenters. The van der Waals surface area contributed by atoms with Gasteiger partial charge in [-0.25, -0.2) is 17.2 Å². The third-order valence-corrected chi connectivity index (χ3v) is 12.9. The number of nitrogens with zero attached hydrogens (tertiary/aromatic N) is 1. The van der Waals surface area contributed by atoms with Crippen molar-refractivity contribution in [2.24, 2.45) is 17.3 Å². The number of carboxylic acid groups (broad SMARTS) is 1. The largest absolute Gasteiger partial charge is 0.481 e. The zero-order valence-electron chi connectivity index (χ0n) is 23.4. The van der Waals surface area contributed by atoms with Crippen molar-refractivity contribution < 1.29 is 58.2 Å². The van der Waals surface area contributed by atoms with Crippen LogP contribution in [0.4, 0.5) is 35.1 Å². The normalized spacial score (nSPS) is 29.9. The number of amides is 1. The maximum absolute atomic E-state index is 15.0. The Morgan fingerprint density at radius 1 is 0.867 bits per heavy atom. The molecule has 2 aromatic carbocycles. The third-order valence-electron chi connectivity index (χ3n) is 10.4. The fraction of sp³-hybridized carbons (Fsp3) is 0.533. The number of carbonyl (C=O) groups excluding carboxylic acids is 1. The number of likely N-dealkylation sites (tertiary alicyclic amines) is 1. The highest BCUT2D eigenvalue weighted by atomic mass is 32.2. The number of alkyl halides is 7. The highest BCUT2D eigenvalue weighted by Gasteiger charge is 2.74. The lowest BCUT2D eigenvalue weighted by Gasteiger charge is -2.57. The van der Waals surface area contributed by atoms with Gasteiger partial charge in [0.25, 0.3) is 0 Å². The molecule has 0 radical (unpaired) electrons. The number of carbonyl (C=O) groups is 2. The van der Waals surface area contributed by atoms with E-state index in [-0.39, 0.29) is 53.2 Å². The summed E-state index contributed by atoms with van der Waals surface area (Å²) in [5, 5.41) is 9.21. The first-order valence-corrected chi connectivity index (χ1v) is 15.8. The Bertz CT molecular complexity index is 1640. The Hall–Kier alpha value is -3.23. The van der Waals surface area contributed by atoms with Crippen molar-refractivity contribution in [3.63, 3.8) is 0 Å². The van der Waals surface area contributed by atoms with E-state index in [2.05, 4.69) is 0 Å². The molecule has 3 aliphatic carbocycles. The van der Waals surface area contributed by atoms with Gasteiger partial charge in [0.2, 0.25) is 5.91 Å². The van der Waals surface area contributed by atoms with Gasteiger partial charge in [0, 0.05) is 18.0 Å². The van der Waals surface area contributed by atoms with E-state index in [1.54, 1.807) is 0 Å². The maximum Gasteiger partial charge on any atom is 0.435 e. The first kappa shape index (κ1) is 31.7. The van der Waals surface area contributed by atoms with Crippen molar-refractivity contribution in [2.75, 3.05) is 6.54 Å². The monoisotopic (exact) mass is 665 g/mol. The summed E-state index contributed by atoms with van der Waals surface area (Å²) in [7, 11) is -4.57. The van der Waals surface area contributed by atoms with Crippen molar-refractivity contribution in [2.45, 2.75) is 78.7 Å². The van der Waals surface area contributed by atoms with E-state index in [1.807, 2.05) is 0 Å². The van der Waals surface area contributed by atoms with Crippen LogP contribution in [0.15, 0.2) is 47.4 Å². The van der Waals surface area contributed by atoms with Gasteiger partial charge in [0.05, 0.1) is 16.9 Å². The number of carboxylic acids is 1. The Balaban J connectivity index is 1.41. The molecular weight excluding hydrogens is 638 g/mol. The van der Waals surface area contributed by atoms with Gasteiger partial charge in [-0.1, -0.05) is 18.2 Å². The molecule has 1 heterocycles. The molecule has 244 valence electrons. The van der Waals surface area contributed by atoms with Gasteiger partial charge >= 0.3 is 24.0 Å². The zero-order chi connectivity index (χ0) is 33.0. The molecular formula is C30H27F8NO5S. The van der Waals surface area contributed by atoms with Crippen molar-refractivity contribution in [3.05, 3.63) is 65.0 Å². The molecule has 0 bridgehead atoms. The first-order valence-electron chi connectivity index (χ1n) is 14.3. The van der Waals surface area contributed by atoms with Crippen LogP contribution in [-0.2, 0) is 36.3 Å². The molecule has 45 heavy (non-hydrogen) atoms. The second-order valence-corrected chi connectivity index (χ2v) is 15.0. The third kappa shape index (κ3) is 4.42.